The third-order valence-electron chi connectivity index (χ3n) is 9.37. The van der Waals surface area contributed by atoms with Crippen molar-refractivity contribution in [2.45, 2.75) is 90.4 Å². The Bertz CT molecular complexity index is 854. The first-order valence-corrected chi connectivity index (χ1v) is 12.3. The van der Waals surface area contributed by atoms with E-state index in [-0.39, 0.29) is 16.9 Å². The van der Waals surface area contributed by atoms with Gasteiger partial charge in [-0.1, -0.05) is 24.6 Å². The molecule has 4 aliphatic rings. The summed E-state index contributed by atoms with van der Waals surface area (Å²) in [5.74, 6) is 0.00935. The fourth-order valence-electron chi connectivity index (χ4n) is 7.39. The van der Waals surface area contributed by atoms with Gasteiger partial charge in [-0.15, -0.1) is 0 Å². The molecule has 8 nitrogen and oxygen atoms in total. The fraction of sp³-hybridized carbons (Fsp3) is 0.800. The summed E-state index contributed by atoms with van der Waals surface area (Å²) in [5, 5.41) is 35.5. The number of carbonyl (C=O) groups is 2. The van der Waals surface area contributed by atoms with Crippen LogP contribution in [0, 0.1) is 28.6 Å². The van der Waals surface area contributed by atoms with E-state index in [9.17, 15) is 19.8 Å². The van der Waals surface area contributed by atoms with Gasteiger partial charge in [0.2, 0.25) is 0 Å². The Balaban J connectivity index is 1.39. The summed E-state index contributed by atoms with van der Waals surface area (Å²) in [7, 11) is 0. The largest absolute Gasteiger partial charge is 0.480 e. The van der Waals surface area contributed by atoms with Gasteiger partial charge in [0.25, 0.3) is 5.91 Å². The molecule has 184 valence electrons. The molecule has 4 rings (SSSR count). The smallest absolute Gasteiger partial charge is 0.328 e. The molecule has 0 heterocycles. The molecule has 33 heavy (non-hydrogen) atoms. The molecule has 1 amide bonds. The van der Waals surface area contributed by atoms with Gasteiger partial charge in [0, 0.05) is 0 Å². The Kier molecular flexibility index (Phi) is 6.62. The number of nitrogens with one attached hydrogen (secondary N) is 1. The van der Waals surface area contributed by atoms with E-state index >= 15 is 0 Å². The minimum absolute atomic E-state index is 0.0852. The molecule has 8 atom stereocenters. The van der Waals surface area contributed by atoms with Crippen LogP contribution in [0.1, 0.15) is 72.1 Å². The minimum Gasteiger partial charge on any atom is -0.480 e. The highest BCUT2D eigenvalue weighted by Gasteiger charge is 2.58. The van der Waals surface area contributed by atoms with Gasteiger partial charge in [-0.3, -0.25) is 4.79 Å². The number of nitrogens with zero attached hydrogens (tertiary/aromatic N) is 1. The van der Waals surface area contributed by atoms with Gasteiger partial charge in [-0.2, -0.15) is 0 Å². The van der Waals surface area contributed by atoms with Gasteiger partial charge < -0.3 is 25.5 Å². The zero-order valence-electron chi connectivity index (χ0n) is 19.9. The monoisotopic (exact) mass is 462 g/mol. The third-order valence-corrected chi connectivity index (χ3v) is 9.37. The molecule has 3 fully saturated rings. The second kappa shape index (κ2) is 9.02. The lowest BCUT2D eigenvalue weighted by molar-refractivity contribution is -0.145. The highest BCUT2D eigenvalue weighted by Crippen LogP contribution is 2.65. The lowest BCUT2D eigenvalue weighted by Crippen LogP contribution is -2.51. The molecule has 8 heteroatoms. The number of fused-ring (bicyclic) bond motifs is 5. The van der Waals surface area contributed by atoms with Crippen LogP contribution in [-0.2, 0) is 14.4 Å². The van der Waals surface area contributed by atoms with Crippen LogP contribution in [0.4, 0.5) is 0 Å². The van der Waals surface area contributed by atoms with Crippen LogP contribution in [0.2, 0.25) is 0 Å². The first-order chi connectivity index (χ1) is 15.6. The van der Waals surface area contributed by atoms with Crippen LogP contribution < -0.4 is 5.32 Å². The van der Waals surface area contributed by atoms with E-state index in [2.05, 4.69) is 30.4 Å². The molecule has 0 aromatic rings. The molecular formula is C25H38N2O6. The van der Waals surface area contributed by atoms with E-state index in [1.807, 2.05) is 0 Å². The van der Waals surface area contributed by atoms with Gasteiger partial charge >= 0.3 is 5.97 Å². The Morgan fingerprint density at radius 1 is 1.18 bits per heavy atom. The van der Waals surface area contributed by atoms with Gasteiger partial charge in [0.15, 0.2) is 12.6 Å². The number of aliphatic hydroxyl groups is 2. The van der Waals surface area contributed by atoms with Crippen molar-refractivity contribution in [3.05, 3.63) is 11.6 Å². The van der Waals surface area contributed by atoms with E-state index in [0.29, 0.717) is 17.8 Å². The molecule has 0 unspecified atom stereocenters. The van der Waals surface area contributed by atoms with Crippen molar-refractivity contribution in [2.24, 2.45) is 33.7 Å². The minimum atomic E-state index is -1.38. The maximum Gasteiger partial charge on any atom is 0.328 e. The quantitative estimate of drug-likeness (QED) is 0.449. The first kappa shape index (κ1) is 24.2. The van der Waals surface area contributed by atoms with Crippen LogP contribution in [0.5, 0.6) is 0 Å². The zero-order chi connectivity index (χ0) is 24.0. The standard InChI is InChI=1S/C25H38N2O6/c1-14(28)22(23(31)32)26-21(30)13-33-27-16-8-10-24(2)15(12-16)4-5-17-18-6-7-20(29)25(18,3)11-9-19(17)24/h12,14,17-20,22,28-29H,4-11,13H2,1-3H3,(H,26,30)(H,31,32)/b27-16-/t14-,17-,18-,19-,20-,22-,24-,25-/m0/s1. The van der Waals surface area contributed by atoms with Crippen molar-refractivity contribution in [3.63, 3.8) is 0 Å². The number of carbonyl (C=O) groups excluding carboxylic acids is 1. The maximum atomic E-state index is 12.0. The number of carboxylic acids is 1. The molecule has 3 saturated carbocycles. The summed E-state index contributed by atoms with van der Waals surface area (Å²) in [6.45, 7) is 5.62. The number of aliphatic carboxylic acids is 1. The average Bonchev–Trinajstić information content (AvgIpc) is 3.06. The summed E-state index contributed by atoms with van der Waals surface area (Å²) in [6, 6.07) is -1.38. The van der Waals surface area contributed by atoms with E-state index in [1.54, 1.807) is 0 Å². The van der Waals surface area contributed by atoms with Crippen molar-refractivity contribution in [1.82, 2.24) is 5.32 Å². The molecule has 4 N–H and O–H groups in total. The number of aliphatic hydroxyl groups excluding tert-OH is 2. The number of hydrogen-bond acceptors (Lipinski definition) is 6. The molecule has 4 aliphatic carbocycles. The molecule has 0 aromatic heterocycles. The molecule has 0 aromatic carbocycles. The van der Waals surface area contributed by atoms with E-state index < -0.39 is 30.6 Å². The Labute approximate surface area is 195 Å². The lowest BCUT2D eigenvalue weighted by Gasteiger charge is -2.57. The van der Waals surface area contributed by atoms with Crippen molar-refractivity contribution in [1.29, 1.82) is 0 Å². The van der Waals surface area contributed by atoms with Crippen LogP contribution in [0.15, 0.2) is 16.8 Å². The highest BCUT2D eigenvalue weighted by molar-refractivity contribution is 5.96. The van der Waals surface area contributed by atoms with Gasteiger partial charge in [0.05, 0.1) is 17.9 Å². The van der Waals surface area contributed by atoms with Crippen LogP contribution >= 0.6 is 0 Å². The van der Waals surface area contributed by atoms with Crippen molar-refractivity contribution < 1.29 is 29.7 Å². The molecule has 0 bridgehead atoms. The summed E-state index contributed by atoms with van der Waals surface area (Å²) < 4.78 is 0. The van der Waals surface area contributed by atoms with Gasteiger partial charge in [0.1, 0.15) is 0 Å². The van der Waals surface area contributed by atoms with E-state index in [1.165, 1.54) is 18.9 Å². The topological polar surface area (TPSA) is 128 Å². The molecule has 0 aliphatic heterocycles. The summed E-state index contributed by atoms with van der Waals surface area (Å²) >= 11 is 0. The van der Waals surface area contributed by atoms with E-state index in [0.717, 1.165) is 50.7 Å². The van der Waals surface area contributed by atoms with Crippen LogP contribution in [-0.4, -0.2) is 57.8 Å². The third kappa shape index (κ3) is 4.32. The summed E-state index contributed by atoms with van der Waals surface area (Å²) in [6.07, 6.45) is 9.11. The maximum absolute atomic E-state index is 12.0. The second-order valence-corrected chi connectivity index (χ2v) is 11.1. The first-order valence-electron chi connectivity index (χ1n) is 12.3. The van der Waals surface area contributed by atoms with E-state index in [4.69, 9.17) is 9.94 Å². The van der Waals surface area contributed by atoms with Crippen molar-refractivity contribution >= 4 is 17.6 Å². The molecule has 0 saturated heterocycles. The molecule has 0 radical (unpaired) electrons. The Hall–Kier alpha value is -1.93. The fourth-order valence-corrected chi connectivity index (χ4v) is 7.39. The number of rotatable bonds is 6. The van der Waals surface area contributed by atoms with Gasteiger partial charge in [-0.05, 0) is 93.0 Å². The average molecular weight is 463 g/mol. The van der Waals surface area contributed by atoms with Crippen molar-refractivity contribution in [3.8, 4) is 0 Å². The summed E-state index contributed by atoms with van der Waals surface area (Å²) in [4.78, 5) is 28.3. The van der Waals surface area contributed by atoms with Crippen LogP contribution in [0.25, 0.3) is 0 Å². The molecular weight excluding hydrogens is 424 g/mol. The predicted octanol–water partition coefficient (Wildman–Crippen LogP) is 2.63. The number of hydrogen-bond donors (Lipinski definition) is 4. The number of carboxylic acid groups (broad SMARTS) is 1. The normalized spacial score (nSPS) is 40.6. The second-order valence-electron chi connectivity index (χ2n) is 11.1. The highest BCUT2D eigenvalue weighted by atomic mass is 16.6. The predicted molar refractivity (Wildman–Crippen MR) is 122 cm³/mol. The van der Waals surface area contributed by atoms with Crippen LogP contribution in [0.3, 0.4) is 0 Å². The SMILES string of the molecule is C[C@H](O)[C@H](NC(=O)CO/N=C1\C=C2CC[C@H]3[C@@H]4CC[C@H](O)[C@@]4(C)CC[C@@H]3[C@@]2(C)CC1)C(=O)O. The number of amides is 1. The Morgan fingerprint density at radius 2 is 1.94 bits per heavy atom. The lowest BCUT2D eigenvalue weighted by atomic mass is 9.47. The van der Waals surface area contributed by atoms with Gasteiger partial charge in [-0.25, -0.2) is 4.79 Å². The summed E-state index contributed by atoms with van der Waals surface area (Å²) in [5.41, 5.74) is 2.47. The number of oxime groups is 1. The Morgan fingerprint density at radius 3 is 2.64 bits per heavy atom. The number of allylic oxidation sites excluding steroid dienone is 2. The zero-order valence-corrected chi connectivity index (χ0v) is 19.9. The van der Waals surface area contributed by atoms with Crippen molar-refractivity contribution in [2.75, 3.05) is 6.61 Å². The molecule has 0 spiro atoms.